The number of hydrogen-bond acceptors (Lipinski definition) is 2. The monoisotopic (exact) mass is 334 g/mol. The van der Waals surface area contributed by atoms with Crippen LogP contribution >= 0.6 is 15.9 Å². The third-order valence-corrected chi connectivity index (χ3v) is 3.97. The number of halogens is 1. The normalized spacial score (nSPS) is 12.3. The lowest BCUT2D eigenvalue weighted by molar-refractivity contribution is 0.0945. The van der Waals surface area contributed by atoms with Gasteiger partial charge in [0.2, 0.25) is 0 Å². The Hall–Kier alpha value is -1.42. The highest BCUT2D eigenvalue weighted by Gasteiger charge is 2.25. The van der Waals surface area contributed by atoms with Crippen LogP contribution in [0.3, 0.4) is 0 Å². The van der Waals surface area contributed by atoms with Crippen LogP contribution in [0.5, 0.6) is 0 Å². The van der Waals surface area contributed by atoms with E-state index in [4.69, 9.17) is 0 Å². The molecule has 1 heterocycles. The van der Waals surface area contributed by atoms with Crippen molar-refractivity contribution in [3.63, 3.8) is 0 Å². The molecule has 2 aromatic rings. The van der Waals surface area contributed by atoms with Gasteiger partial charge < -0.3 is 0 Å². The number of Topliss-reactive ketones (excluding diaryl/α,β-unsaturated/α-hetero) is 1. The van der Waals surface area contributed by atoms with E-state index in [0.29, 0.717) is 5.69 Å². The molecular weight excluding hydrogens is 316 g/mol. The van der Waals surface area contributed by atoms with Crippen molar-refractivity contribution in [3.05, 3.63) is 52.3 Å². The second kappa shape index (κ2) is 6.84. The van der Waals surface area contributed by atoms with E-state index in [-0.39, 0.29) is 11.7 Å². The van der Waals surface area contributed by atoms with Crippen molar-refractivity contribution in [2.75, 3.05) is 0 Å². The van der Waals surface area contributed by atoms with Crippen LogP contribution in [0.2, 0.25) is 0 Å². The van der Waals surface area contributed by atoms with Gasteiger partial charge in [-0.05, 0) is 34.3 Å². The summed E-state index contributed by atoms with van der Waals surface area (Å²) < 4.78 is 2.59. The van der Waals surface area contributed by atoms with Crippen molar-refractivity contribution in [1.82, 2.24) is 9.78 Å². The van der Waals surface area contributed by atoms with Crippen molar-refractivity contribution in [2.24, 2.45) is 0 Å². The van der Waals surface area contributed by atoms with E-state index < -0.39 is 0 Å². The van der Waals surface area contributed by atoms with Crippen molar-refractivity contribution >= 4 is 21.7 Å². The minimum Gasteiger partial charge on any atom is -0.292 e. The second-order valence-corrected chi connectivity index (χ2v) is 5.65. The first-order valence-corrected chi connectivity index (χ1v) is 7.78. The molecule has 106 valence electrons. The molecule has 0 saturated carbocycles. The largest absolute Gasteiger partial charge is 0.292 e. The topological polar surface area (TPSA) is 34.9 Å². The number of carbonyl (C=O) groups excluding carboxylic acids is 1. The zero-order valence-corrected chi connectivity index (χ0v) is 13.4. The lowest BCUT2D eigenvalue weighted by atomic mass is 9.90. The molecule has 1 aromatic heterocycles. The molecule has 3 nitrogen and oxygen atoms in total. The molecular formula is C16H19BrN2O. The molecule has 0 aliphatic rings. The van der Waals surface area contributed by atoms with Gasteiger partial charge >= 0.3 is 0 Å². The van der Waals surface area contributed by atoms with Crippen molar-refractivity contribution in [3.8, 4) is 0 Å². The second-order valence-electron chi connectivity index (χ2n) is 4.80. The third kappa shape index (κ3) is 3.01. The summed E-state index contributed by atoms with van der Waals surface area (Å²) in [6.45, 7) is 4.89. The van der Waals surface area contributed by atoms with Gasteiger partial charge in [-0.2, -0.15) is 5.10 Å². The summed E-state index contributed by atoms with van der Waals surface area (Å²) in [4.78, 5) is 12.9. The maximum atomic E-state index is 12.9. The molecule has 4 heteroatoms. The van der Waals surface area contributed by atoms with E-state index in [1.807, 2.05) is 37.3 Å². The van der Waals surface area contributed by atoms with Gasteiger partial charge in [-0.3, -0.25) is 9.48 Å². The van der Waals surface area contributed by atoms with Crippen molar-refractivity contribution < 1.29 is 4.79 Å². The van der Waals surface area contributed by atoms with Gasteiger partial charge in [-0.15, -0.1) is 0 Å². The Labute approximate surface area is 128 Å². The average molecular weight is 335 g/mol. The highest BCUT2D eigenvalue weighted by atomic mass is 79.9. The zero-order valence-electron chi connectivity index (χ0n) is 11.8. The summed E-state index contributed by atoms with van der Waals surface area (Å²) >= 11 is 3.45. The Morgan fingerprint density at radius 1 is 1.30 bits per heavy atom. The first kappa shape index (κ1) is 15.0. The Morgan fingerprint density at radius 3 is 2.60 bits per heavy atom. The maximum absolute atomic E-state index is 12.9. The maximum Gasteiger partial charge on any atom is 0.189 e. The van der Waals surface area contributed by atoms with E-state index >= 15 is 0 Å². The molecule has 0 fully saturated rings. The van der Waals surface area contributed by atoms with Gasteiger partial charge in [0.25, 0.3) is 0 Å². The molecule has 0 aliphatic heterocycles. The minimum atomic E-state index is -0.111. The van der Waals surface area contributed by atoms with Crippen LogP contribution in [0.1, 0.15) is 48.7 Å². The first-order chi connectivity index (χ1) is 9.69. The van der Waals surface area contributed by atoms with Crippen LogP contribution in [-0.4, -0.2) is 15.6 Å². The molecule has 0 bridgehead atoms. The number of nitrogens with zero attached hydrogens (tertiary/aromatic N) is 2. The summed E-state index contributed by atoms with van der Waals surface area (Å²) in [7, 11) is 0. The molecule has 2 rings (SSSR count). The quantitative estimate of drug-likeness (QED) is 0.732. The van der Waals surface area contributed by atoms with Crippen LogP contribution in [0.25, 0.3) is 0 Å². The molecule has 0 amide bonds. The third-order valence-electron chi connectivity index (χ3n) is 3.39. The van der Waals surface area contributed by atoms with E-state index in [1.54, 1.807) is 10.9 Å². The number of benzene rings is 1. The molecule has 0 N–H and O–H groups in total. The van der Waals surface area contributed by atoms with Gasteiger partial charge in [0, 0.05) is 12.5 Å². The number of carbonyl (C=O) groups is 1. The highest BCUT2D eigenvalue weighted by molar-refractivity contribution is 9.10. The summed E-state index contributed by atoms with van der Waals surface area (Å²) in [5.41, 5.74) is 1.75. The van der Waals surface area contributed by atoms with Crippen LogP contribution in [0.15, 0.2) is 41.0 Å². The van der Waals surface area contributed by atoms with E-state index in [9.17, 15) is 4.79 Å². The average Bonchev–Trinajstić information content (AvgIpc) is 2.82. The van der Waals surface area contributed by atoms with Crippen LogP contribution < -0.4 is 0 Å². The summed E-state index contributed by atoms with van der Waals surface area (Å²) in [5.74, 6) is 0.0244. The minimum absolute atomic E-state index is 0.111. The summed E-state index contributed by atoms with van der Waals surface area (Å²) in [6.07, 6.45) is 3.45. The van der Waals surface area contributed by atoms with Gasteiger partial charge in [-0.25, -0.2) is 0 Å². The number of hydrogen-bond donors (Lipinski definition) is 0. The number of aryl methyl sites for hydroxylation is 1. The molecule has 0 saturated heterocycles. The van der Waals surface area contributed by atoms with Crippen LogP contribution in [-0.2, 0) is 6.54 Å². The highest BCUT2D eigenvalue weighted by Crippen LogP contribution is 2.28. The fourth-order valence-electron chi connectivity index (χ4n) is 2.41. The predicted octanol–water partition coefficient (Wildman–Crippen LogP) is 4.43. The summed E-state index contributed by atoms with van der Waals surface area (Å²) in [6, 6.07) is 9.95. The fraction of sp³-hybridized carbons (Fsp3) is 0.375. The molecule has 0 radical (unpaired) electrons. The lowest BCUT2D eigenvalue weighted by Crippen LogP contribution is -2.18. The molecule has 1 atom stereocenters. The number of aromatic nitrogens is 2. The summed E-state index contributed by atoms with van der Waals surface area (Å²) in [5, 5.41) is 4.29. The van der Waals surface area contributed by atoms with E-state index in [0.717, 1.165) is 29.4 Å². The van der Waals surface area contributed by atoms with Crippen LogP contribution in [0.4, 0.5) is 0 Å². The Kier molecular flexibility index (Phi) is 5.12. The Balaban J connectivity index is 2.36. The van der Waals surface area contributed by atoms with E-state index in [2.05, 4.69) is 28.0 Å². The molecule has 1 aromatic carbocycles. The Morgan fingerprint density at radius 2 is 2.00 bits per heavy atom. The fourth-order valence-corrected chi connectivity index (χ4v) is 2.90. The van der Waals surface area contributed by atoms with Gasteiger partial charge in [0.1, 0.15) is 5.69 Å². The first-order valence-electron chi connectivity index (χ1n) is 6.99. The van der Waals surface area contributed by atoms with E-state index in [1.165, 1.54) is 0 Å². The number of ketones is 1. The Bertz CT molecular complexity index is 577. The number of rotatable bonds is 6. The van der Waals surface area contributed by atoms with Crippen molar-refractivity contribution in [1.29, 1.82) is 0 Å². The zero-order chi connectivity index (χ0) is 14.5. The molecule has 0 aliphatic carbocycles. The molecule has 1 unspecified atom stereocenters. The van der Waals surface area contributed by atoms with Gasteiger partial charge in [0.15, 0.2) is 5.78 Å². The molecule has 20 heavy (non-hydrogen) atoms. The smallest absolute Gasteiger partial charge is 0.189 e. The lowest BCUT2D eigenvalue weighted by Gasteiger charge is -2.15. The van der Waals surface area contributed by atoms with Gasteiger partial charge in [0.05, 0.1) is 10.7 Å². The molecule has 0 spiro atoms. The van der Waals surface area contributed by atoms with Crippen LogP contribution in [0, 0.1) is 0 Å². The standard InChI is InChI=1S/C16H19BrN2O/c1-3-10-19-15(14(17)11-18-19)16(20)13(4-2)12-8-6-5-7-9-12/h5-9,11,13H,3-4,10H2,1-2H3. The van der Waals surface area contributed by atoms with Gasteiger partial charge in [-0.1, -0.05) is 44.2 Å². The SMILES string of the molecule is CCCn1ncc(Br)c1C(=O)C(CC)c1ccccc1. The van der Waals surface area contributed by atoms with Crippen molar-refractivity contribution in [2.45, 2.75) is 39.2 Å². The predicted molar refractivity (Wildman–Crippen MR) is 84.0 cm³/mol.